The normalized spacial score (nSPS) is 19.7. The number of hydrogen-bond acceptors (Lipinski definition) is 2. The molecule has 0 fully saturated rings. The predicted octanol–water partition coefficient (Wildman–Crippen LogP) is 6.40. The van der Waals surface area contributed by atoms with E-state index in [1.165, 1.54) is 6.20 Å². The molecule has 3 nitrogen and oxygen atoms in total. The van der Waals surface area contributed by atoms with E-state index in [0.717, 1.165) is 16.8 Å². The highest BCUT2D eigenvalue weighted by molar-refractivity contribution is 6.11. The minimum absolute atomic E-state index is 0.0138. The molecule has 0 radical (unpaired) electrons. The van der Waals surface area contributed by atoms with Crippen LogP contribution in [0.2, 0.25) is 0 Å². The Bertz CT molecular complexity index is 1830. The SMILES string of the molecule is [2H]C([2H])([2H])c1ccc(-c2c(C)ccc3c2oc2cc4c(cc23)C(C([2H])([2H])[2H])(C([2H])([2H])[2H])c2ncccc2-4)[n+](C)c1. The molecule has 5 aromatic rings. The van der Waals surface area contributed by atoms with Gasteiger partial charge in [0.15, 0.2) is 6.20 Å². The van der Waals surface area contributed by atoms with Crippen molar-refractivity contribution in [2.24, 2.45) is 7.05 Å². The number of benzene rings is 2. The standard InChI is InChI=1S/C28H25N2O/c1-16-8-11-23(30(5)15-16)25-17(2)9-10-18-21-13-22-20(14-24(21)31-26(18)25)19-7-6-12-29-27(19)28(22,3)4/h6-15H,1-5H3/q+1/i1D3,3D3,4D3. The van der Waals surface area contributed by atoms with Crippen LogP contribution in [-0.2, 0) is 12.5 Å². The monoisotopic (exact) mass is 414 g/mol. The highest BCUT2D eigenvalue weighted by atomic mass is 16.3. The zero-order valence-electron chi connectivity index (χ0n) is 26.1. The van der Waals surface area contributed by atoms with Gasteiger partial charge in [0.05, 0.1) is 11.3 Å². The molecule has 6 rings (SSSR count). The van der Waals surface area contributed by atoms with Crippen LogP contribution in [0.1, 0.15) is 48.4 Å². The topological polar surface area (TPSA) is 29.9 Å². The maximum atomic E-state index is 8.45. The lowest BCUT2D eigenvalue weighted by Crippen LogP contribution is -2.31. The van der Waals surface area contributed by atoms with Crippen LogP contribution in [-0.4, -0.2) is 4.98 Å². The quantitative estimate of drug-likeness (QED) is 0.297. The first-order valence-corrected chi connectivity index (χ1v) is 10.0. The number of furan rings is 1. The molecule has 0 atom stereocenters. The van der Waals surface area contributed by atoms with Gasteiger partial charge in [-0.15, -0.1) is 0 Å². The van der Waals surface area contributed by atoms with Gasteiger partial charge in [-0.1, -0.05) is 31.9 Å². The number of fused-ring (bicyclic) bond motifs is 6. The molecular formula is C28H25N2O+. The zero-order chi connectivity index (χ0) is 29.0. The molecule has 31 heavy (non-hydrogen) atoms. The molecule has 3 heteroatoms. The summed E-state index contributed by atoms with van der Waals surface area (Å²) >= 11 is 0. The summed E-state index contributed by atoms with van der Waals surface area (Å²) in [7, 11) is 1.77. The predicted molar refractivity (Wildman–Crippen MR) is 125 cm³/mol. The first kappa shape index (κ1) is 11.2. The number of aromatic nitrogens is 2. The van der Waals surface area contributed by atoms with Crippen molar-refractivity contribution in [2.75, 3.05) is 0 Å². The van der Waals surface area contributed by atoms with E-state index in [-0.39, 0.29) is 16.8 Å². The van der Waals surface area contributed by atoms with E-state index in [1.807, 2.05) is 19.1 Å². The molecule has 0 spiro atoms. The third-order valence-corrected chi connectivity index (χ3v) is 6.23. The molecule has 0 aliphatic heterocycles. The zero-order valence-corrected chi connectivity index (χ0v) is 17.1. The molecule has 1 aliphatic carbocycles. The molecule has 0 saturated heterocycles. The number of rotatable bonds is 1. The lowest BCUT2D eigenvalue weighted by atomic mass is 9.84. The molecule has 0 N–H and O–H groups in total. The lowest BCUT2D eigenvalue weighted by Gasteiger charge is -2.19. The largest absolute Gasteiger partial charge is 0.455 e. The third kappa shape index (κ3) is 2.40. The van der Waals surface area contributed by atoms with Crippen molar-refractivity contribution >= 4 is 21.9 Å². The summed E-state index contributed by atoms with van der Waals surface area (Å²) in [5.74, 6) is 0. The molecule has 0 bridgehead atoms. The average molecular weight is 415 g/mol. The Morgan fingerprint density at radius 2 is 1.94 bits per heavy atom. The Kier molecular flexibility index (Phi) is 2.19. The van der Waals surface area contributed by atoms with Crippen LogP contribution in [0.4, 0.5) is 0 Å². The fourth-order valence-corrected chi connectivity index (χ4v) is 4.75. The Morgan fingerprint density at radius 3 is 2.74 bits per heavy atom. The van der Waals surface area contributed by atoms with Crippen molar-refractivity contribution in [3.63, 3.8) is 0 Å². The fourth-order valence-electron chi connectivity index (χ4n) is 4.75. The lowest BCUT2D eigenvalue weighted by molar-refractivity contribution is -0.660. The molecule has 0 saturated carbocycles. The summed E-state index contributed by atoms with van der Waals surface area (Å²) in [5.41, 5.74) is 2.40. The van der Waals surface area contributed by atoms with Crippen molar-refractivity contribution < 1.29 is 21.3 Å². The summed E-state index contributed by atoms with van der Waals surface area (Å²) < 4.78 is 82.1. The van der Waals surface area contributed by atoms with Gasteiger partial charge < -0.3 is 4.42 Å². The van der Waals surface area contributed by atoms with E-state index >= 15 is 0 Å². The van der Waals surface area contributed by atoms with Crippen molar-refractivity contribution in [3.8, 4) is 22.4 Å². The molecule has 1 aliphatic rings. The maximum Gasteiger partial charge on any atom is 0.216 e. The second-order valence-electron chi connectivity index (χ2n) is 8.19. The second-order valence-corrected chi connectivity index (χ2v) is 8.19. The fraction of sp³-hybridized carbons (Fsp3) is 0.214. The molecule has 152 valence electrons. The van der Waals surface area contributed by atoms with E-state index < -0.39 is 26.0 Å². The summed E-state index contributed by atoms with van der Waals surface area (Å²) in [5, 5.41) is 1.27. The van der Waals surface area contributed by atoms with Crippen LogP contribution >= 0.6 is 0 Å². The van der Waals surface area contributed by atoms with Gasteiger partial charge >= 0.3 is 0 Å². The van der Waals surface area contributed by atoms with E-state index in [1.54, 1.807) is 54.2 Å². The van der Waals surface area contributed by atoms with Crippen LogP contribution < -0.4 is 4.57 Å². The molecule has 0 amide bonds. The highest BCUT2D eigenvalue weighted by Crippen LogP contribution is 2.50. The van der Waals surface area contributed by atoms with Crippen molar-refractivity contribution in [2.45, 2.75) is 32.9 Å². The van der Waals surface area contributed by atoms with Crippen LogP contribution in [0.25, 0.3) is 44.3 Å². The number of nitrogens with zero attached hydrogens (tertiary/aromatic N) is 2. The van der Waals surface area contributed by atoms with Crippen LogP contribution in [0.5, 0.6) is 0 Å². The highest BCUT2D eigenvalue weighted by Gasteiger charge is 2.37. The van der Waals surface area contributed by atoms with Gasteiger partial charge in [0.2, 0.25) is 5.69 Å². The number of aryl methyl sites for hydroxylation is 3. The minimum Gasteiger partial charge on any atom is -0.455 e. The first-order chi connectivity index (χ1) is 18.6. The van der Waals surface area contributed by atoms with Crippen molar-refractivity contribution in [1.29, 1.82) is 0 Å². The van der Waals surface area contributed by atoms with Crippen LogP contribution in [0, 0.1) is 13.8 Å². The molecule has 3 aromatic heterocycles. The second kappa shape index (κ2) is 6.04. The van der Waals surface area contributed by atoms with Crippen molar-refractivity contribution in [3.05, 3.63) is 83.3 Å². The third-order valence-electron chi connectivity index (χ3n) is 6.23. The molecule has 3 heterocycles. The number of pyridine rings is 2. The number of hydrogen-bond donors (Lipinski definition) is 0. The van der Waals surface area contributed by atoms with E-state index in [2.05, 4.69) is 4.98 Å². The van der Waals surface area contributed by atoms with Gasteiger partial charge in [0, 0.05) is 51.9 Å². The van der Waals surface area contributed by atoms with Gasteiger partial charge in [0.25, 0.3) is 0 Å². The van der Waals surface area contributed by atoms with Gasteiger partial charge in [-0.2, -0.15) is 0 Å². The Labute approximate surface area is 194 Å². The van der Waals surface area contributed by atoms with Gasteiger partial charge in [0.1, 0.15) is 18.2 Å². The minimum atomic E-state index is -2.92. The Balaban J connectivity index is 1.69. The van der Waals surface area contributed by atoms with Gasteiger partial charge in [-0.25, -0.2) is 4.57 Å². The Morgan fingerprint density at radius 1 is 1.03 bits per heavy atom. The summed E-state index contributed by atoms with van der Waals surface area (Å²) in [6.45, 7) is -6.16. The summed E-state index contributed by atoms with van der Waals surface area (Å²) in [4.78, 5) is 4.30. The first-order valence-electron chi connectivity index (χ1n) is 14.5. The molecular weight excluding hydrogens is 380 g/mol. The maximum absolute atomic E-state index is 8.45. The Hall–Kier alpha value is -3.46. The van der Waals surface area contributed by atoms with E-state index in [0.29, 0.717) is 33.1 Å². The van der Waals surface area contributed by atoms with E-state index in [9.17, 15) is 0 Å². The van der Waals surface area contributed by atoms with Gasteiger partial charge in [-0.3, -0.25) is 4.98 Å². The van der Waals surface area contributed by atoms with Crippen LogP contribution in [0.15, 0.2) is 65.3 Å². The molecule has 2 aromatic carbocycles. The smallest absolute Gasteiger partial charge is 0.216 e. The van der Waals surface area contributed by atoms with E-state index in [4.69, 9.17) is 16.8 Å². The average Bonchev–Trinajstić information content (AvgIpc) is 3.35. The van der Waals surface area contributed by atoms with Crippen molar-refractivity contribution in [1.82, 2.24) is 4.98 Å². The van der Waals surface area contributed by atoms with Gasteiger partial charge in [-0.05, 0) is 54.7 Å². The summed E-state index contributed by atoms with van der Waals surface area (Å²) in [6.07, 6.45) is 2.99. The van der Waals surface area contributed by atoms with Crippen LogP contribution in [0.3, 0.4) is 0 Å². The molecule has 0 unspecified atom stereocenters. The summed E-state index contributed by atoms with van der Waals surface area (Å²) in [6, 6.07) is 13.8.